The molecule has 84 valence electrons. The Hall–Kier alpha value is -2.23. The minimum Gasteiger partial charge on any atom is -0.478 e. The van der Waals surface area contributed by atoms with Gasteiger partial charge in [-0.2, -0.15) is 5.26 Å². The van der Waals surface area contributed by atoms with Crippen LogP contribution in [0.15, 0.2) is 18.2 Å². The van der Waals surface area contributed by atoms with E-state index in [2.05, 4.69) is 4.74 Å². The summed E-state index contributed by atoms with van der Waals surface area (Å²) in [5.74, 6) is -2.45. The summed E-state index contributed by atoms with van der Waals surface area (Å²) in [6.07, 6.45) is -4.97. The van der Waals surface area contributed by atoms with E-state index in [9.17, 15) is 18.0 Å². The first-order chi connectivity index (χ1) is 7.33. The van der Waals surface area contributed by atoms with Gasteiger partial charge < -0.3 is 9.84 Å². The second kappa shape index (κ2) is 4.10. The van der Waals surface area contributed by atoms with Crippen LogP contribution in [0.4, 0.5) is 13.2 Å². The molecule has 4 nitrogen and oxygen atoms in total. The highest BCUT2D eigenvalue weighted by atomic mass is 19.4. The van der Waals surface area contributed by atoms with Crippen LogP contribution in [0.25, 0.3) is 0 Å². The number of nitriles is 1. The van der Waals surface area contributed by atoms with Gasteiger partial charge in [0.2, 0.25) is 0 Å². The number of halogens is 3. The van der Waals surface area contributed by atoms with E-state index >= 15 is 0 Å². The maximum atomic E-state index is 11.9. The van der Waals surface area contributed by atoms with Gasteiger partial charge in [0.25, 0.3) is 0 Å². The van der Waals surface area contributed by atoms with E-state index in [1.54, 1.807) is 6.07 Å². The summed E-state index contributed by atoms with van der Waals surface area (Å²) in [6.45, 7) is 0. The van der Waals surface area contributed by atoms with E-state index in [4.69, 9.17) is 10.4 Å². The van der Waals surface area contributed by atoms with E-state index in [0.717, 1.165) is 18.2 Å². The fourth-order valence-electron chi connectivity index (χ4n) is 0.980. The Bertz CT molecular complexity index is 462. The van der Waals surface area contributed by atoms with Gasteiger partial charge in [0.05, 0.1) is 11.6 Å². The van der Waals surface area contributed by atoms with E-state index in [0.29, 0.717) is 0 Å². The van der Waals surface area contributed by atoms with E-state index < -0.39 is 23.6 Å². The second-order valence-corrected chi connectivity index (χ2v) is 2.68. The number of carboxylic acids is 1. The zero-order chi connectivity index (χ0) is 12.3. The fraction of sp³-hybridized carbons (Fsp3) is 0.111. The van der Waals surface area contributed by atoms with E-state index in [-0.39, 0.29) is 5.56 Å². The Morgan fingerprint density at radius 1 is 1.44 bits per heavy atom. The van der Waals surface area contributed by atoms with Gasteiger partial charge in [-0.15, -0.1) is 13.2 Å². The average Bonchev–Trinajstić information content (AvgIpc) is 2.15. The number of rotatable bonds is 2. The third-order valence-electron chi connectivity index (χ3n) is 1.56. The van der Waals surface area contributed by atoms with Crippen LogP contribution in [0.2, 0.25) is 0 Å². The van der Waals surface area contributed by atoms with Crippen molar-refractivity contribution in [3.05, 3.63) is 29.3 Å². The molecule has 0 aromatic heterocycles. The molecule has 0 fully saturated rings. The molecule has 0 unspecified atom stereocenters. The summed E-state index contributed by atoms with van der Waals surface area (Å²) in [7, 11) is 0. The van der Waals surface area contributed by atoms with Crippen molar-refractivity contribution in [2.45, 2.75) is 6.36 Å². The predicted molar refractivity (Wildman–Crippen MR) is 44.8 cm³/mol. The number of aromatic carboxylic acids is 1. The molecule has 0 aliphatic heterocycles. The number of carboxylic acid groups (broad SMARTS) is 1. The number of hydrogen-bond donors (Lipinski definition) is 1. The van der Waals surface area contributed by atoms with Gasteiger partial charge in [-0.3, -0.25) is 0 Å². The first-order valence-corrected chi connectivity index (χ1v) is 3.86. The molecule has 1 rings (SSSR count). The lowest BCUT2D eigenvalue weighted by Gasteiger charge is -2.10. The van der Waals surface area contributed by atoms with Gasteiger partial charge in [-0.05, 0) is 18.2 Å². The minimum atomic E-state index is -4.97. The van der Waals surface area contributed by atoms with Gasteiger partial charge in [-0.25, -0.2) is 4.79 Å². The molecule has 0 spiro atoms. The molecular formula is C9H4F3NO3. The average molecular weight is 231 g/mol. The molecule has 0 aliphatic rings. The van der Waals surface area contributed by atoms with Crippen molar-refractivity contribution in [3.8, 4) is 11.8 Å². The number of nitrogens with zero attached hydrogens (tertiary/aromatic N) is 1. The first kappa shape index (κ1) is 11.8. The van der Waals surface area contributed by atoms with Crippen molar-refractivity contribution >= 4 is 5.97 Å². The van der Waals surface area contributed by atoms with Crippen molar-refractivity contribution in [2.75, 3.05) is 0 Å². The number of ether oxygens (including phenoxy) is 1. The second-order valence-electron chi connectivity index (χ2n) is 2.68. The lowest BCUT2D eigenvalue weighted by Crippen LogP contribution is -2.19. The topological polar surface area (TPSA) is 70.3 Å². The van der Waals surface area contributed by atoms with E-state index in [1.165, 1.54) is 0 Å². The molecule has 0 saturated heterocycles. The third kappa shape index (κ3) is 2.88. The highest BCUT2D eigenvalue weighted by Crippen LogP contribution is 2.27. The highest BCUT2D eigenvalue weighted by molar-refractivity contribution is 5.91. The predicted octanol–water partition coefficient (Wildman–Crippen LogP) is 2.16. The number of alkyl halides is 3. The fourth-order valence-corrected chi connectivity index (χ4v) is 0.980. The van der Waals surface area contributed by atoms with Crippen molar-refractivity contribution in [1.82, 2.24) is 0 Å². The smallest absolute Gasteiger partial charge is 0.478 e. The molecular weight excluding hydrogens is 227 g/mol. The van der Waals surface area contributed by atoms with Crippen molar-refractivity contribution in [2.24, 2.45) is 0 Å². The maximum absolute atomic E-state index is 11.9. The summed E-state index contributed by atoms with van der Waals surface area (Å²) < 4.78 is 39.2. The van der Waals surface area contributed by atoms with E-state index in [1.807, 2.05) is 0 Å². The van der Waals surface area contributed by atoms with Gasteiger partial charge in [0.1, 0.15) is 11.3 Å². The minimum absolute atomic E-state index is 0.0630. The summed E-state index contributed by atoms with van der Waals surface area (Å²) >= 11 is 0. The molecule has 1 N–H and O–H groups in total. The SMILES string of the molecule is N#Cc1ccc(OC(F)(F)F)c(C(=O)O)c1. The molecule has 0 heterocycles. The summed E-state index contributed by atoms with van der Waals surface area (Å²) in [6, 6.07) is 4.24. The van der Waals surface area contributed by atoms with Crippen LogP contribution in [-0.2, 0) is 0 Å². The normalized spacial score (nSPS) is 10.6. The largest absolute Gasteiger partial charge is 0.573 e. The summed E-state index contributed by atoms with van der Waals surface area (Å²) in [4.78, 5) is 10.6. The quantitative estimate of drug-likeness (QED) is 0.846. The lowest BCUT2D eigenvalue weighted by atomic mass is 10.1. The number of carbonyl (C=O) groups is 1. The van der Waals surface area contributed by atoms with Gasteiger partial charge in [0.15, 0.2) is 0 Å². The third-order valence-corrected chi connectivity index (χ3v) is 1.56. The van der Waals surface area contributed by atoms with Crippen LogP contribution in [-0.4, -0.2) is 17.4 Å². The maximum Gasteiger partial charge on any atom is 0.573 e. The number of benzene rings is 1. The summed E-state index contributed by atoms with van der Waals surface area (Å²) in [5.41, 5.74) is -0.775. The Kier molecular flexibility index (Phi) is 3.04. The molecule has 1 aromatic carbocycles. The zero-order valence-corrected chi connectivity index (χ0v) is 7.58. The molecule has 0 atom stereocenters. The van der Waals surface area contributed by atoms with Crippen LogP contribution in [0.5, 0.6) is 5.75 Å². The molecule has 0 amide bonds. The van der Waals surface area contributed by atoms with Crippen molar-refractivity contribution in [3.63, 3.8) is 0 Å². The van der Waals surface area contributed by atoms with Crippen molar-refractivity contribution in [1.29, 1.82) is 5.26 Å². The van der Waals surface area contributed by atoms with Crippen LogP contribution in [0.1, 0.15) is 15.9 Å². The van der Waals surface area contributed by atoms with Crippen LogP contribution >= 0.6 is 0 Å². The van der Waals surface area contributed by atoms with Crippen LogP contribution in [0, 0.1) is 11.3 Å². The van der Waals surface area contributed by atoms with Gasteiger partial charge >= 0.3 is 12.3 Å². The molecule has 0 radical (unpaired) electrons. The monoisotopic (exact) mass is 231 g/mol. The van der Waals surface area contributed by atoms with Gasteiger partial charge in [-0.1, -0.05) is 0 Å². The Balaban J connectivity index is 3.20. The number of hydrogen-bond acceptors (Lipinski definition) is 3. The summed E-state index contributed by atoms with van der Waals surface area (Å²) in [5, 5.41) is 17.1. The molecule has 1 aromatic rings. The van der Waals surface area contributed by atoms with Crippen molar-refractivity contribution < 1.29 is 27.8 Å². The molecule has 16 heavy (non-hydrogen) atoms. The Morgan fingerprint density at radius 2 is 2.06 bits per heavy atom. The standard InChI is InChI=1S/C9H4F3NO3/c10-9(11,12)16-7-2-1-5(4-13)3-6(7)8(14)15/h1-3H,(H,14,15). The lowest BCUT2D eigenvalue weighted by molar-refractivity contribution is -0.274. The Labute approximate surface area is 87.5 Å². The zero-order valence-electron chi connectivity index (χ0n) is 7.58. The molecule has 7 heteroatoms. The highest BCUT2D eigenvalue weighted by Gasteiger charge is 2.33. The van der Waals surface area contributed by atoms with Crippen LogP contribution in [0.3, 0.4) is 0 Å². The molecule has 0 bridgehead atoms. The van der Waals surface area contributed by atoms with Gasteiger partial charge in [0, 0.05) is 0 Å². The molecule has 0 saturated carbocycles. The Morgan fingerprint density at radius 3 is 2.50 bits per heavy atom. The first-order valence-electron chi connectivity index (χ1n) is 3.86. The molecule has 0 aliphatic carbocycles. The van der Waals surface area contributed by atoms with Crippen LogP contribution < -0.4 is 4.74 Å².